The quantitative estimate of drug-likeness (QED) is 0.395. The van der Waals surface area contributed by atoms with E-state index in [0.29, 0.717) is 17.1 Å². The first-order valence-corrected chi connectivity index (χ1v) is 11.5. The number of nitrogens with one attached hydrogen (secondary N) is 2. The van der Waals surface area contributed by atoms with Gasteiger partial charge in [0.1, 0.15) is 11.6 Å². The summed E-state index contributed by atoms with van der Waals surface area (Å²) in [6.45, 7) is 5.66. The van der Waals surface area contributed by atoms with Gasteiger partial charge in [0.05, 0.1) is 11.1 Å². The highest BCUT2D eigenvalue weighted by molar-refractivity contribution is 5.95. The lowest BCUT2D eigenvalue weighted by Gasteiger charge is -2.31. The maximum atomic E-state index is 12.6. The molecule has 4 aromatic rings. The summed E-state index contributed by atoms with van der Waals surface area (Å²) >= 11 is 0. The van der Waals surface area contributed by atoms with Gasteiger partial charge in [0.25, 0.3) is 5.56 Å². The Balaban J connectivity index is 1.45. The van der Waals surface area contributed by atoms with E-state index < -0.39 is 0 Å². The molecule has 1 aliphatic heterocycles. The molecule has 0 aliphatic carbocycles. The van der Waals surface area contributed by atoms with E-state index in [1.807, 2.05) is 24.3 Å². The first-order chi connectivity index (χ1) is 16.1. The Hall–Kier alpha value is -3.64. The van der Waals surface area contributed by atoms with Gasteiger partial charge in [-0.1, -0.05) is 19.1 Å². The topological polar surface area (TPSA) is 81.2 Å². The van der Waals surface area contributed by atoms with E-state index in [2.05, 4.69) is 46.4 Å². The van der Waals surface area contributed by atoms with E-state index in [1.165, 1.54) is 18.4 Å². The zero-order valence-corrected chi connectivity index (χ0v) is 18.7. The molecule has 0 radical (unpaired) electrons. The maximum Gasteiger partial charge on any atom is 0.259 e. The minimum Gasteiger partial charge on any atom is -0.508 e. The van der Waals surface area contributed by atoms with Gasteiger partial charge in [-0.15, -0.1) is 0 Å². The average Bonchev–Trinajstić information content (AvgIpc) is 2.85. The molecule has 1 fully saturated rings. The van der Waals surface area contributed by atoms with Gasteiger partial charge < -0.3 is 20.3 Å². The number of hydrogen-bond acceptors (Lipinski definition) is 5. The normalized spacial score (nSPS) is 15.1. The van der Waals surface area contributed by atoms with Crippen molar-refractivity contribution in [3.8, 4) is 17.0 Å². The molecule has 6 nitrogen and oxygen atoms in total. The van der Waals surface area contributed by atoms with Crippen molar-refractivity contribution in [2.24, 2.45) is 0 Å². The van der Waals surface area contributed by atoms with Gasteiger partial charge in [-0.05, 0) is 97.9 Å². The van der Waals surface area contributed by atoms with Crippen LogP contribution in [-0.4, -0.2) is 39.6 Å². The maximum absolute atomic E-state index is 12.6. The predicted molar refractivity (Wildman–Crippen MR) is 133 cm³/mol. The number of hydrogen-bond donors (Lipinski definition) is 3. The van der Waals surface area contributed by atoms with Gasteiger partial charge in [-0.3, -0.25) is 4.79 Å². The van der Waals surface area contributed by atoms with Crippen molar-refractivity contribution in [3.63, 3.8) is 0 Å². The summed E-state index contributed by atoms with van der Waals surface area (Å²) in [5, 5.41) is 14.3. The molecular weight excluding hydrogens is 412 g/mol. The van der Waals surface area contributed by atoms with Gasteiger partial charge >= 0.3 is 0 Å². The van der Waals surface area contributed by atoms with Crippen LogP contribution < -0.4 is 10.9 Å². The highest BCUT2D eigenvalue weighted by Gasteiger charge is 2.19. The zero-order chi connectivity index (χ0) is 22.8. The summed E-state index contributed by atoms with van der Waals surface area (Å²) in [5.74, 6) is 1.32. The molecule has 168 valence electrons. The number of rotatable bonds is 5. The molecule has 0 saturated carbocycles. The summed E-state index contributed by atoms with van der Waals surface area (Å²) in [7, 11) is 0. The van der Waals surface area contributed by atoms with Crippen LogP contribution in [-0.2, 0) is 0 Å². The number of piperidine rings is 1. The van der Waals surface area contributed by atoms with Gasteiger partial charge in [0.2, 0.25) is 0 Å². The number of benzene rings is 2. The lowest BCUT2D eigenvalue weighted by atomic mass is 9.89. The molecule has 0 unspecified atom stereocenters. The van der Waals surface area contributed by atoms with Gasteiger partial charge in [0.15, 0.2) is 0 Å². The van der Waals surface area contributed by atoms with Crippen molar-refractivity contribution in [2.45, 2.75) is 25.7 Å². The number of H-pyrrole nitrogens is 1. The standard InChI is InChI=1S/C27H28N4O2/c1-2-31-15-12-19(13-16-31)18-3-7-22(8-4-18)29-26-25-21(11-14-28-27(25)33)17-24(30-26)20-5-9-23(32)10-6-20/h3-11,14,17,19,32H,2,12-13,15-16H2,1H3,(H,28,33)(H,29,30). The molecule has 2 aromatic heterocycles. The Kier molecular flexibility index (Phi) is 5.84. The summed E-state index contributed by atoms with van der Waals surface area (Å²) in [4.78, 5) is 22.6. The van der Waals surface area contributed by atoms with E-state index >= 15 is 0 Å². The molecule has 2 aromatic carbocycles. The second-order valence-corrected chi connectivity index (χ2v) is 8.63. The number of phenolic OH excluding ortho intramolecular Hbond substituents is 1. The number of aromatic amines is 1. The van der Waals surface area contributed by atoms with Crippen LogP contribution in [0.3, 0.4) is 0 Å². The van der Waals surface area contributed by atoms with Crippen molar-refractivity contribution in [3.05, 3.63) is 82.8 Å². The smallest absolute Gasteiger partial charge is 0.259 e. The largest absolute Gasteiger partial charge is 0.508 e. The number of likely N-dealkylation sites (tertiary alicyclic amines) is 1. The lowest BCUT2D eigenvalue weighted by molar-refractivity contribution is 0.222. The summed E-state index contributed by atoms with van der Waals surface area (Å²) in [6.07, 6.45) is 4.03. The lowest BCUT2D eigenvalue weighted by Crippen LogP contribution is -2.32. The Morgan fingerprint density at radius 3 is 2.48 bits per heavy atom. The van der Waals surface area contributed by atoms with E-state index in [-0.39, 0.29) is 11.3 Å². The Morgan fingerprint density at radius 2 is 1.79 bits per heavy atom. The van der Waals surface area contributed by atoms with Gasteiger partial charge in [0, 0.05) is 17.4 Å². The third kappa shape index (κ3) is 4.47. The van der Waals surface area contributed by atoms with Crippen molar-refractivity contribution in [1.29, 1.82) is 0 Å². The molecule has 3 N–H and O–H groups in total. The van der Waals surface area contributed by atoms with Crippen molar-refractivity contribution >= 4 is 22.3 Å². The Bertz CT molecular complexity index is 1310. The molecule has 33 heavy (non-hydrogen) atoms. The van der Waals surface area contributed by atoms with Gasteiger partial charge in [-0.25, -0.2) is 4.98 Å². The second-order valence-electron chi connectivity index (χ2n) is 8.63. The van der Waals surface area contributed by atoms with E-state index in [4.69, 9.17) is 4.98 Å². The Labute approximate surface area is 192 Å². The fraction of sp³-hybridized carbons (Fsp3) is 0.259. The summed E-state index contributed by atoms with van der Waals surface area (Å²) in [5.41, 5.74) is 3.68. The number of pyridine rings is 2. The van der Waals surface area contributed by atoms with Crippen LogP contribution in [0.5, 0.6) is 5.75 Å². The second kappa shape index (κ2) is 9.08. The molecule has 1 saturated heterocycles. The van der Waals surface area contributed by atoms with Crippen LogP contribution in [0, 0.1) is 0 Å². The number of nitrogens with zero attached hydrogens (tertiary/aromatic N) is 2. The average molecular weight is 441 g/mol. The summed E-state index contributed by atoms with van der Waals surface area (Å²) in [6, 6.07) is 19.2. The minimum atomic E-state index is -0.181. The van der Waals surface area contributed by atoms with Crippen LogP contribution in [0.2, 0.25) is 0 Å². The zero-order valence-electron chi connectivity index (χ0n) is 18.7. The SMILES string of the molecule is CCN1CCC(c2ccc(Nc3nc(-c4ccc(O)cc4)cc4cc[nH]c(=O)c34)cc2)CC1. The van der Waals surface area contributed by atoms with E-state index in [1.54, 1.807) is 18.3 Å². The third-order valence-electron chi connectivity index (χ3n) is 6.60. The highest BCUT2D eigenvalue weighted by Crippen LogP contribution is 2.31. The molecular formula is C27H28N4O2. The van der Waals surface area contributed by atoms with Crippen molar-refractivity contribution in [1.82, 2.24) is 14.9 Å². The Morgan fingerprint density at radius 1 is 1.06 bits per heavy atom. The van der Waals surface area contributed by atoms with Crippen LogP contribution in [0.1, 0.15) is 31.2 Å². The monoisotopic (exact) mass is 440 g/mol. The van der Waals surface area contributed by atoms with Crippen LogP contribution >= 0.6 is 0 Å². The first-order valence-electron chi connectivity index (χ1n) is 11.5. The number of anilines is 2. The molecule has 0 bridgehead atoms. The summed E-state index contributed by atoms with van der Waals surface area (Å²) < 4.78 is 0. The highest BCUT2D eigenvalue weighted by atomic mass is 16.3. The van der Waals surface area contributed by atoms with Crippen molar-refractivity contribution < 1.29 is 5.11 Å². The molecule has 0 amide bonds. The fourth-order valence-electron chi connectivity index (χ4n) is 4.64. The fourth-order valence-corrected chi connectivity index (χ4v) is 4.64. The molecule has 0 atom stereocenters. The molecule has 6 heteroatoms. The number of fused-ring (bicyclic) bond motifs is 1. The first kappa shape index (κ1) is 21.2. The van der Waals surface area contributed by atoms with Crippen LogP contribution in [0.25, 0.3) is 22.0 Å². The number of phenols is 1. The number of aromatic hydroxyl groups is 1. The van der Waals surface area contributed by atoms with Gasteiger partial charge in [-0.2, -0.15) is 0 Å². The molecule has 1 aliphatic rings. The van der Waals surface area contributed by atoms with E-state index in [0.717, 1.165) is 42.0 Å². The van der Waals surface area contributed by atoms with Crippen LogP contribution in [0.15, 0.2) is 71.7 Å². The molecule has 3 heterocycles. The minimum absolute atomic E-state index is 0.181. The number of aromatic nitrogens is 2. The van der Waals surface area contributed by atoms with E-state index in [9.17, 15) is 9.90 Å². The van der Waals surface area contributed by atoms with Crippen molar-refractivity contribution in [2.75, 3.05) is 25.0 Å². The third-order valence-corrected chi connectivity index (χ3v) is 6.60. The molecule has 0 spiro atoms. The molecule has 5 rings (SSSR count). The van der Waals surface area contributed by atoms with Crippen LogP contribution in [0.4, 0.5) is 11.5 Å². The predicted octanol–water partition coefficient (Wildman–Crippen LogP) is 5.24.